The molecule has 0 bridgehead atoms. The molecule has 0 fully saturated rings. The highest BCUT2D eigenvalue weighted by atomic mass is 16.5. The van der Waals surface area contributed by atoms with Gasteiger partial charge in [-0.1, -0.05) is 12.1 Å². The van der Waals surface area contributed by atoms with Crippen molar-refractivity contribution >= 4 is 5.91 Å². The number of rotatable bonds is 5. The third kappa shape index (κ3) is 3.07. The van der Waals surface area contributed by atoms with Gasteiger partial charge in [0.25, 0.3) is 5.91 Å². The second kappa shape index (κ2) is 6.92. The van der Waals surface area contributed by atoms with Crippen LogP contribution >= 0.6 is 0 Å². The summed E-state index contributed by atoms with van der Waals surface area (Å²) in [4.78, 5) is 18.5. The van der Waals surface area contributed by atoms with Gasteiger partial charge in [0.2, 0.25) is 0 Å². The summed E-state index contributed by atoms with van der Waals surface area (Å²) in [5.74, 6) is 0.912. The molecule has 0 spiro atoms. The topological polar surface area (TPSA) is 76.8 Å². The summed E-state index contributed by atoms with van der Waals surface area (Å²) < 4.78 is 12.8. The van der Waals surface area contributed by atoms with Crippen LogP contribution in [0.1, 0.15) is 11.4 Å². The highest BCUT2D eigenvalue weighted by Crippen LogP contribution is 2.26. The zero-order chi connectivity index (χ0) is 17.1. The van der Waals surface area contributed by atoms with Crippen molar-refractivity contribution in [2.75, 3.05) is 20.3 Å². The molecule has 1 aromatic carbocycles. The number of hydrogen-bond donors (Lipinski definition) is 1. The van der Waals surface area contributed by atoms with Crippen LogP contribution in [0.4, 0.5) is 0 Å². The first kappa shape index (κ1) is 16.3. The molecule has 1 aliphatic heterocycles. The smallest absolute Gasteiger partial charge is 0.261 e. The van der Waals surface area contributed by atoms with Crippen LogP contribution in [0.25, 0.3) is 0 Å². The maximum Gasteiger partial charge on any atom is 0.261 e. The Morgan fingerprint density at radius 1 is 1.38 bits per heavy atom. The van der Waals surface area contributed by atoms with Gasteiger partial charge in [-0.25, -0.2) is 4.98 Å². The molecule has 2 aromatic rings. The molecule has 1 amide bonds. The predicted molar refractivity (Wildman–Crippen MR) is 86.8 cm³/mol. The quantitative estimate of drug-likeness (QED) is 0.875. The van der Waals surface area contributed by atoms with Gasteiger partial charge in [0, 0.05) is 19.2 Å². The van der Waals surface area contributed by atoms with E-state index in [2.05, 4.69) is 4.98 Å². The average Bonchev–Trinajstić information content (AvgIpc) is 2.99. The van der Waals surface area contributed by atoms with Crippen molar-refractivity contribution in [1.82, 2.24) is 14.5 Å². The maximum absolute atomic E-state index is 12.6. The van der Waals surface area contributed by atoms with E-state index in [1.165, 1.54) is 0 Å². The number of aryl methyl sites for hydroxylation is 1. The van der Waals surface area contributed by atoms with Gasteiger partial charge >= 0.3 is 0 Å². The molecule has 7 heteroatoms. The van der Waals surface area contributed by atoms with Gasteiger partial charge in [-0.2, -0.15) is 0 Å². The van der Waals surface area contributed by atoms with Crippen molar-refractivity contribution in [2.24, 2.45) is 7.05 Å². The number of imidazole rings is 1. The maximum atomic E-state index is 12.6. The fraction of sp³-hybridized carbons (Fsp3) is 0.412. The highest BCUT2D eigenvalue weighted by Gasteiger charge is 2.31. The molecular weight excluding hydrogens is 310 g/mol. The van der Waals surface area contributed by atoms with Crippen molar-refractivity contribution in [3.63, 3.8) is 0 Å². The predicted octanol–water partition coefficient (Wildman–Crippen LogP) is 0.753. The average molecular weight is 331 g/mol. The Morgan fingerprint density at radius 2 is 2.12 bits per heavy atom. The lowest BCUT2D eigenvalue weighted by molar-refractivity contribution is -0.138. The fourth-order valence-electron chi connectivity index (χ4n) is 2.94. The molecule has 0 saturated heterocycles. The standard InChI is InChI=1S/C17H21N3O4/c1-19-11-18-13-8-20(12(9-21)7-14(13)19)17(22)10-24-16-6-4-3-5-15(16)23-2/h3-6,11-12,21H,7-10H2,1-2H3. The Kier molecular flexibility index (Phi) is 4.71. The van der Waals surface area contributed by atoms with Gasteiger partial charge < -0.3 is 24.0 Å². The molecule has 7 nitrogen and oxygen atoms in total. The Bertz CT molecular complexity index is 728. The van der Waals surface area contributed by atoms with Crippen molar-refractivity contribution in [1.29, 1.82) is 0 Å². The number of ether oxygens (including phenoxy) is 2. The molecule has 1 N–H and O–H groups in total. The Labute approximate surface area is 140 Å². The van der Waals surface area contributed by atoms with Crippen LogP contribution in [0.3, 0.4) is 0 Å². The molecule has 1 aliphatic rings. The monoisotopic (exact) mass is 331 g/mol. The first-order valence-corrected chi connectivity index (χ1v) is 7.79. The molecular formula is C17H21N3O4. The van der Waals surface area contributed by atoms with Gasteiger partial charge in [0.05, 0.1) is 38.3 Å². The lowest BCUT2D eigenvalue weighted by Gasteiger charge is -2.34. The summed E-state index contributed by atoms with van der Waals surface area (Å²) >= 11 is 0. The summed E-state index contributed by atoms with van der Waals surface area (Å²) in [6.07, 6.45) is 2.32. The van der Waals surface area contributed by atoms with Crippen molar-refractivity contribution < 1.29 is 19.4 Å². The van der Waals surface area contributed by atoms with Crippen molar-refractivity contribution in [3.8, 4) is 11.5 Å². The largest absolute Gasteiger partial charge is 0.493 e. The fourth-order valence-corrected chi connectivity index (χ4v) is 2.94. The number of hydrogen-bond acceptors (Lipinski definition) is 5. The van der Waals surface area contributed by atoms with Crippen molar-refractivity contribution in [3.05, 3.63) is 42.0 Å². The van der Waals surface area contributed by atoms with E-state index in [-0.39, 0.29) is 25.2 Å². The Hall–Kier alpha value is -2.54. The number of methoxy groups -OCH3 is 1. The number of aromatic nitrogens is 2. The summed E-state index contributed by atoms with van der Waals surface area (Å²) in [7, 11) is 3.47. The SMILES string of the molecule is COc1ccccc1OCC(=O)N1Cc2ncn(C)c2CC1CO. The zero-order valence-electron chi connectivity index (χ0n) is 13.8. The van der Waals surface area contributed by atoms with Crippen LogP contribution in [0, 0.1) is 0 Å². The lowest BCUT2D eigenvalue weighted by Crippen LogP contribution is -2.48. The van der Waals surface area contributed by atoms with Crippen LogP contribution in [-0.2, 0) is 24.8 Å². The summed E-state index contributed by atoms with van der Waals surface area (Å²) in [5.41, 5.74) is 1.93. The first-order chi connectivity index (χ1) is 11.6. The second-order valence-electron chi connectivity index (χ2n) is 5.75. The molecule has 1 atom stereocenters. The van der Waals surface area contributed by atoms with Crippen LogP contribution < -0.4 is 9.47 Å². The van der Waals surface area contributed by atoms with Crippen LogP contribution in [0.5, 0.6) is 11.5 Å². The molecule has 128 valence electrons. The molecule has 1 unspecified atom stereocenters. The van der Waals surface area contributed by atoms with Crippen molar-refractivity contribution in [2.45, 2.75) is 19.0 Å². The molecule has 3 rings (SSSR count). The number of aliphatic hydroxyl groups is 1. The highest BCUT2D eigenvalue weighted by molar-refractivity contribution is 5.78. The van der Waals surface area contributed by atoms with E-state index in [0.717, 1.165) is 11.4 Å². The number of amides is 1. The number of fused-ring (bicyclic) bond motifs is 1. The Balaban J connectivity index is 1.70. The third-order valence-corrected chi connectivity index (χ3v) is 4.29. The van der Waals surface area contributed by atoms with E-state index in [9.17, 15) is 9.90 Å². The molecule has 0 radical (unpaired) electrons. The van der Waals surface area contributed by atoms with Gasteiger partial charge in [-0.15, -0.1) is 0 Å². The van der Waals surface area contributed by atoms with E-state index in [1.54, 1.807) is 30.5 Å². The summed E-state index contributed by atoms with van der Waals surface area (Å²) in [5, 5.41) is 9.65. The molecule has 0 aliphatic carbocycles. The number of carbonyl (C=O) groups is 1. The minimum Gasteiger partial charge on any atom is -0.493 e. The second-order valence-corrected chi connectivity index (χ2v) is 5.75. The minimum atomic E-state index is -0.262. The number of benzene rings is 1. The molecule has 1 aromatic heterocycles. The summed E-state index contributed by atoms with van der Waals surface area (Å²) in [6.45, 7) is 0.180. The number of nitrogens with zero attached hydrogens (tertiary/aromatic N) is 3. The summed E-state index contributed by atoms with van der Waals surface area (Å²) in [6, 6.07) is 6.92. The zero-order valence-corrected chi connectivity index (χ0v) is 13.8. The van der Waals surface area contributed by atoms with Gasteiger partial charge in [-0.05, 0) is 12.1 Å². The van der Waals surface area contributed by atoms with Gasteiger partial charge in [0.1, 0.15) is 0 Å². The molecule has 0 saturated carbocycles. The van der Waals surface area contributed by atoms with Crippen LogP contribution in [0.2, 0.25) is 0 Å². The number of para-hydroxylation sites is 2. The van der Waals surface area contributed by atoms with Crippen LogP contribution in [-0.4, -0.2) is 51.8 Å². The minimum absolute atomic E-state index is 0.0922. The van der Waals surface area contributed by atoms with E-state index in [1.807, 2.05) is 23.7 Å². The van der Waals surface area contributed by atoms with E-state index >= 15 is 0 Å². The third-order valence-electron chi connectivity index (χ3n) is 4.29. The number of aliphatic hydroxyl groups excluding tert-OH is 1. The van der Waals surface area contributed by atoms with E-state index in [0.29, 0.717) is 24.5 Å². The number of carbonyl (C=O) groups excluding carboxylic acids is 1. The molecule has 24 heavy (non-hydrogen) atoms. The normalized spacial score (nSPS) is 16.6. The van der Waals surface area contributed by atoms with Crippen LogP contribution in [0.15, 0.2) is 30.6 Å². The lowest BCUT2D eigenvalue weighted by atomic mass is 10.0. The molecule has 2 heterocycles. The van der Waals surface area contributed by atoms with Gasteiger partial charge in [0.15, 0.2) is 18.1 Å². The first-order valence-electron chi connectivity index (χ1n) is 7.79. The van der Waals surface area contributed by atoms with E-state index in [4.69, 9.17) is 9.47 Å². The Morgan fingerprint density at radius 3 is 2.83 bits per heavy atom. The van der Waals surface area contributed by atoms with Gasteiger partial charge in [-0.3, -0.25) is 4.79 Å². The van der Waals surface area contributed by atoms with E-state index < -0.39 is 0 Å².